The molecule has 0 atom stereocenters. The Morgan fingerprint density at radius 2 is 0.895 bits per heavy atom. The second-order valence-electron chi connectivity index (χ2n) is 3.62. The highest BCUT2D eigenvalue weighted by Crippen LogP contribution is 2.26. The number of rotatable bonds is 4. The predicted octanol–water partition coefficient (Wildman–Crippen LogP) is 6.15. The number of ether oxygens (including phenoxy) is 2. The number of benzene rings is 2. The van der Waals surface area contributed by atoms with E-state index in [0.29, 0.717) is 0 Å². The molecule has 0 aliphatic carbocycles. The molecule has 0 heterocycles. The molecule has 6 heteroatoms. The van der Waals surface area contributed by atoms with Crippen molar-refractivity contribution in [1.82, 2.24) is 0 Å². The van der Waals surface area contributed by atoms with Crippen LogP contribution in [0.3, 0.4) is 0 Å². The summed E-state index contributed by atoms with van der Waals surface area (Å²) in [6, 6.07) is 11.4. The Labute approximate surface area is 145 Å². The van der Waals surface area contributed by atoms with Crippen LogP contribution in [-0.4, -0.2) is 6.79 Å². The number of hydrogen-bond donors (Lipinski definition) is 0. The first-order valence-corrected chi connectivity index (χ1v) is 8.38. The highest BCUT2D eigenvalue weighted by atomic mass is 79.9. The standard InChI is InChI=1S/C13H8Br4O2/c14-8-1-9(15)4-12(3-8)18-7-19-13-5-10(16)2-11(17)6-13/h1-6H,7H2. The molecule has 0 spiro atoms. The lowest BCUT2D eigenvalue weighted by atomic mass is 10.3. The summed E-state index contributed by atoms with van der Waals surface area (Å²) in [6.45, 7) is 0.145. The van der Waals surface area contributed by atoms with Crippen LogP contribution >= 0.6 is 63.7 Å². The molecule has 0 saturated carbocycles. The maximum Gasteiger partial charge on any atom is 0.230 e. The van der Waals surface area contributed by atoms with E-state index in [1.165, 1.54) is 0 Å². The smallest absolute Gasteiger partial charge is 0.230 e. The van der Waals surface area contributed by atoms with E-state index in [4.69, 9.17) is 9.47 Å². The molecule has 0 N–H and O–H groups in total. The monoisotopic (exact) mass is 512 g/mol. The zero-order valence-corrected chi connectivity index (χ0v) is 15.8. The maximum atomic E-state index is 5.54. The lowest BCUT2D eigenvalue weighted by Crippen LogP contribution is -2.05. The van der Waals surface area contributed by atoms with Crippen LogP contribution in [0, 0.1) is 0 Å². The Kier molecular flexibility index (Phi) is 5.74. The molecule has 2 rings (SSSR count). The van der Waals surface area contributed by atoms with Gasteiger partial charge in [0.15, 0.2) is 0 Å². The van der Waals surface area contributed by atoms with Crippen LogP contribution < -0.4 is 9.47 Å². The van der Waals surface area contributed by atoms with Crippen LogP contribution in [0.2, 0.25) is 0 Å². The van der Waals surface area contributed by atoms with Gasteiger partial charge in [0.1, 0.15) is 11.5 Å². The van der Waals surface area contributed by atoms with E-state index in [0.717, 1.165) is 29.4 Å². The number of halogens is 4. The minimum Gasteiger partial charge on any atom is -0.457 e. The van der Waals surface area contributed by atoms with Gasteiger partial charge in [-0.05, 0) is 36.4 Å². The van der Waals surface area contributed by atoms with Crippen molar-refractivity contribution in [3.05, 3.63) is 54.3 Å². The second kappa shape index (κ2) is 7.11. The Balaban J connectivity index is 1.96. The molecule has 0 bridgehead atoms. The first kappa shape index (κ1) is 15.4. The molecule has 0 aliphatic rings. The first-order valence-electron chi connectivity index (χ1n) is 5.21. The van der Waals surface area contributed by atoms with Gasteiger partial charge < -0.3 is 9.47 Å². The molecule has 0 aliphatic heterocycles. The molecule has 0 fully saturated rings. The van der Waals surface area contributed by atoms with Crippen LogP contribution in [0.5, 0.6) is 11.5 Å². The Bertz CT molecular complexity index is 495. The predicted molar refractivity (Wildman–Crippen MR) is 89.8 cm³/mol. The topological polar surface area (TPSA) is 18.5 Å². The normalized spacial score (nSPS) is 10.3. The quantitative estimate of drug-likeness (QED) is 0.455. The largest absolute Gasteiger partial charge is 0.457 e. The molecular formula is C13H8Br4O2. The highest BCUT2D eigenvalue weighted by molar-refractivity contribution is 9.11. The minimum atomic E-state index is 0.145. The molecule has 0 saturated heterocycles. The van der Waals surface area contributed by atoms with Crippen LogP contribution in [0.15, 0.2) is 54.3 Å². The van der Waals surface area contributed by atoms with E-state index in [1.807, 2.05) is 36.4 Å². The van der Waals surface area contributed by atoms with E-state index in [9.17, 15) is 0 Å². The summed E-state index contributed by atoms with van der Waals surface area (Å²) < 4.78 is 14.9. The Hall–Kier alpha value is -0.0400. The third-order valence-electron chi connectivity index (χ3n) is 2.12. The fourth-order valence-corrected chi connectivity index (χ4v) is 3.89. The van der Waals surface area contributed by atoms with Crippen LogP contribution in [0.25, 0.3) is 0 Å². The summed E-state index contributed by atoms with van der Waals surface area (Å²) in [7, 11) is 0. The van der Waals surface area contributed by atoms with E-state index in [-0.39, 0.29) is 6.79 Å². The van der Waals surface area contributed by atoms with E-state index in [1.54, 1.807) is 0 Å². The van der Waals surface area contributed by atoms with Crippen molar-refractivity contribution in [2.45, 2.75) is 0 Å². The average molecular weight is 516 g/mol. The van der Waals surface area contributed by atoms with Gasteiger partial charge in [0.05, 0.1) is 0 Å². The third kappa shape index (κ3) is 5.10. The van der Waals surface area contributed by atoms with E-state index >= 15 is 0 Å². The van der Waals surface area contributed by atoms with Crippen molar-refractivity contribution in [3.63, 3.8) is 0 Å². The summed E-state index contributed by atoms with van der Waals surface area (Å²) in [5.41, 5.74) is 0. The molecule has 0 aromatic heterocycles. The Morgan fingerprint density at radius 1 is 0.579 bits per heavy atom. The second-order valence-corrected chi connectivity index (χ2v) is 7.28. The SMILES string of the molecule is Brc1cc(Br)cc(OCOc2cc(Br)cc(Br)c2)c1. The molecule has 19 heavy (non-hydrogen) atoms. The molecule has 2 nitrogen and oxygen atoms in total. The van der Waals surface area contributed by atoms with Gasteiger partial charge in [0, 0.05) is 17.9 Å². The van der Waals surface area contributed by atoms with Gasteiger partial charge in [-0.15, -0.1) is 0 Å². The summed E-state index contributed by atoms with van der Waals surface area (Å²) in [5, 5.41) is 0. The zero-order valence-electron chi connectivity index (χ0n) is 9.50. The molecule has 2 aromatic carbocycles. The molecule has 0 amide bonds. The minimum absolute atomic E-state index is 0.145. The van der Waals surface area contributed by atoms with E-state index in [2.05, 4.69) is 63.7 Å². The third-order valence-corrected chi connectivity index (χ3v) is 3.95. The van der Waals surface area contributed by atoms with E-state index < -0.39 is 0 Å². The van der Waals surface area contributed by atoms with Crippen molar-refractivity contribution in [1.29, 1.82) is 0 Å². The lowest BCUT2D eigenvalue weighted by molar-refractivity contribution is 0.119. The van der Waals surface area contributed by atoms with Crippen LogP contribution in [-0.2, 0) is 0 Å². The van der Waals surface area contributed by atoms with Gasteiger partial charge in [0.2, 0.25) is 6.79 Å². The van der Waals surface area contributed by atoms with Crippen molar-refractivity contribution in [2.75, 3.05) is 6.79 Å². The Morgan fingerprint density at radius 3 is 1.21 bits per heavy atom. The van der Waals surface area contributed by atoms with Gasteiger partial charge in [0.25, 0.3) is 0 Å². The fourth-order valence-electron chi connectivity index (χ4n) is 1.39. The van der Waals surface area contributed by atoms with Gasteiger partial charge in [-0.3, -0.25) is 0 Å². The molecular weight excluding hydrogens is 508 g/mol. The van der Waals surface area contributed by atoms with Gasteiger partial charge in [-0.25, -0.2) is 0 Å². The average Bonchev–Trinajstić information content (AvgIpc) is 2.26. The summed E-state index contributed by atoms with van der Waals surface area (Å²) in [5.74, 6) is 1.46. The highest BCUT2D eigenvalue weighted by Gasteiger charge is 2.01. The van der Waals surface area contributed by atoms with Gasteiger partial charge in [-0.1, -0.05) is 63.7 Å². The number of hydrogen-bond acceptors (Lipinski definition) is 2. The van der Waals surface area contributed by atoms with Crippen molar-refractivity contribution in [3.8, 4) is 11.5 Å². The maximum absolute atomic E-state index is 5.54. The zero-order chi connectivity index (χ0) is 13.8. The lowest BCUT2D eigenvalue weighted by Gasteiger charge is -2.10. The summed E-state index contributed by atoms with van der Waals surface area (Å²) in [6.07, 6.45) is 0. The van der Waals surface area contributed by atoms with Crippen molar-refractivity contribution >= 4 is 63.7 Å². The summed E-state index contributed by atoms with van der Waals surface area (Å²) >= 11 is 13.6. The van der Waals surface area contributed by atoms with Crippen molar-refractivity contribution < 1.29 is 9.47 Å². The molecule has 0 radical (unpaired) electrons. The van der Waals surface area contributed by atoms with Crippen LogP contribution in [0.4, 0.5) is 0 Å². The fraction of sp³-hybridized carbons (Fsp3) is 0.0769. The van der Waals surface area contributed by atoms with Gasteiger partial charge in [-0.2, -0.15) is 0 Å². The van der Waals surface area contributed by atoms with Crippen LogP contribution in [0.1, 0.15) is 0 Å². The van der Waals surface area contributed by atoms with Gasteiger partial charge >= 0.3 is 0 Å². The molecule has 0 unspecified atom stereocenters. The van der Waals surface area contributed by atoms with Crippen molar-refractivity contribution in [2.24, 2.45) is 0 Å². The molecule has 2 aromatic rings. The molecule has 100 valence electrons. The summed E-state index contributed by atoms with van der Waals surface area (Å²) in [4.78, 5) is 0. The first-order chi connectivity index (χ1) is 9.02.